The molecule has 0 aliphatic carbocycles. The Kier molecular flexibility index (Phi) is 2.98. The number of nitrogens with zero attached hydrogens (tertiary/aromatic N) is 1. The number of aromatic nitrogens is 1. The highest BCUT2D eigenvalue weighted by Gasteiger charge is 2.12. The third-order valence-electron chi connectivity index (χ3n) is 1.68. The molecule has 15 heavy (non-hydrogen) atoms. The normalized spacial score (nSPS) is 10.1. The monoisotopic (exact) mass is 241 g/mol. The Balaban J connectivity index is 2.05. The molecule has 78 valence electrons. The molecular formula is C9H7NO3S2. The molecule has 0 unspecified atom stereocenters. The fourth-order valence-corrected chi connectivity index (χ4v) is 2.21. The number of aromatic carboxylic acids is 1. The van der Waals surface area contributed by atoms with Gasteiger partial charge in [-0.1, -0.05) is 0 Å². The fraction of sp³-hybridized carbons (Fsp3) is 0.111. The van der Waals surface area contributed by atoms with Gasteiger partial charge in [0, 0.05) is 6.20 Å². The quantitative estimate of drug-likeness (QED) is 0.893. The Hall–Kier alpha value is -1.40. The zero-order valence-electron chi connectivity index (χ0n) is 7.54. The van der Waals surface area contributed by atoms with E-state index in [1.54, 1.807) is 23.2 Å². The minimum absolute atomic E-state index is 0.236. The summed E-state index contributed by atoms with van der Waals surface area (Å²) < 4.78 is 5.38. The Bertz CT molecular complexity index is 450. The number of ether oxygens (including phenoxy) is 1. The molecule has 4 nitrogen and oxygen atoms in total. The highest BCUT2D eigenvalue weighted by Crippen LogP contribution is 2.25. The summed E-state index contributed by atoms with van der Waals surface area (Å²) >= 11 is 2.64. The molecule has 0 amide bonds. The number of carboxylic acid groups (broad SMARTS) is 1. The molecule has 2 aromatic rings. The van der Waals surface area contributed by atoms with Crippen LogP contribution in [0.2, 0.25) is 0 Å². The summed E-state index contributed by atoms with van der Waals surface area (Å²) in [6.45, 7) is 0.363. The summed E-state index contributed by atoms with van der Waals surface area (Å²) in [6, 6.07) is 1.66. The molecule has 0 saturated heterocycles. The minimum atomic E-state index is -0.954. The van der Waals surface area contributed by atoms with E-state index in [0.717, 1.165) is 16.2 Å². The molecule has 2 rings (SSSR count). The number of carboxylic acids is 1. The molecule has 0 radical (unpaired) electrons. The Morgan fingerprint density at radius 1 is 1.53 bits per heavy atom. The largest absolute Gasteiger partial charge is 0.486 e. The summed E-state index contributed by atoms with van der Waals surface area (Å²) in [7, 11) is 0. The van der Waals surface area contributed by atoms with Crippen LogP contribution < -0.4 is 4.74 Å². The van der Waals surface area contributed by atoms with Gasteiger partial charge in [0.1, 0.15) is 12.4 Å². The third-order valence-corrected chi connectivity index (χ3v) is 3.31. The van der Waals surface area contributed by atoms with Crippen LogP contribution in [0.25, 0.3) is 0 Å². The lowest BCUT2D eigenvalue weighted by Gasteiger charge is -2.02. The Morgan fingerprint density at radius 2 is 2.40 bits per heavy atom. The molecule has 0 bridgehead atoms. The number of thiophene rings is 1. The van der Waals surface area contributed by atoms with Crippen molar-refractivity contribution in [3.63, 3.8) is 0 Å². The van der Waals surface area contributed by atoms with Gasteiger partial charge in [-0.2, -0.15) is 0 Å². The van der Waals surface area contributed by atoms with Crippen LogP contribution in [-0.4, -0.2) is 16.1 Å². The van der Waals surface area contributed by atoms with Crippen molar-refractivity contribution in [3.05, 3.63) is 32.9 Å². The van der Waals surface area contributed by atoms with E-state index in [4.69, 9.17) is 9.84 Å². The average Bonchev–Trinajstić information content (AvgIpc) is 2.86. The highest BCUT2D eigenvalue weighted by molar-refractivity contribution is 7.12. The fourth-order valence-electron chi connectivity index (χ4n) is 1.03. The molecule has 0 atom stereocenters. The van der Waals surface area contributed by atoms with E-state index in [0.29, 0.717) is 12.4 Å². The van der Waals surface area contributed by atoms with Gasteiger partial charge in [-0.25, -0.2) is 4.79 Å². The first-order chi connectivity index (χ1) is 7.27. The molecule has 2 heterocycles. The van der Waals surface area contributed by atoms with Gasteiger partial charge in [0.15, 0.2) is 4.88 Å². The first kappa shape index (κ1) is 10.1. The molecular weight excluding hydrogens is 234 g/mol. The van der Waals surface area contributed by atoms with Crippen LogP contribution in [0, 0.1) is 0 Å². The maximum atomic E-state index is 10.8. The lowest BCUT2D eigenvalue weighted by molar-refractivity contribution is 0.0697. The Morgan fingerprint density at radius 3 is 3.07 bits per heavy atom. The lowest BCUT2D eigenvalue weighted by atomic mass is 10.4. The summed E-state index contributed by atoms with van der Waals surface area (Å²) in [5, 5.41) is 10.5. The van der Waals surface area contributed by atoms with Crippen molar-refractivity contribution in [3.8, 4) is 5.75 Å². The SMILES string of the molecule is O=C(O)c1sccc1OCc1cncs1. The van der Waals surface area contributed by atoms with Crippen molar-refractivity contribution in [2.75, 3.05) is 0 Å². The minimum Gasteiger partial charge on any atom is -0.486 e. The Labute approximate surface area is 93.8 Å². The van der Waals surface area contributed by atoms with Crippen LogP contribution in [0.4, 0.5) is 0 Å². The van der Waals surface area contributed by atoms with Crippen LogP contribution in [0.5, 0.6) is 5.75 Å². The summed E-state index contributed by atoms with van der Waals surface area (Å²) in [4.78, 5) is 15.9. The van der Waals surface area contributed by atoms with E-state index in [1.807, 2.05) is 0 Å². The predicted molar refractivity (Wildman–Crippen MR) is 57.7 cm³/mol. The van der Waals surface area contributed by atoms with Gasteiger partial charge in [0.25, 0.3) is 0 Å². The molecule has 0 spiro atoms. The van der Waals surface area contributed by atoms with Gasteiger partial charge in [-0.3, -0.25) is 4.98 Å². The van der Waals surface area contributed by atoms with Gasteiger partial charge >= 0.3 is 5.97 Å². The molecule has 0 aliphatic rings. The van der Waals surface area contributed by atoms with E-state index >= 15 is 0 Å². The van der Waals surface area contributed by atoms with Crippen molar-refractivity contribution in [1.29, 1.82) is 0 Å². The maximum absolute atomic E-state index is 10.8. The highest BCUT2D eigenvalue weighted by atomic mass is 32.1. The van der Waals surface area contributed by atoms with Gasteiger partial charge in [0.05, 0.1) is 10.4 Å². The number of hydrogen-bond donors (Lipinski definition) is 1. The van der Waals surface area contributed by atoms with Gasteiger partial charge in [-0.15, -0.1) is 22.7 Å². The zero-order valence-corrected chi connectivity index (χ0v) is 9.18. The van der Waals surface area contributed by atoms with E-state index < -0.39 is 5.97 Å². The standard InChI is InChI=1S/C9H7NO3S2/c11-9(12)8-7(1-2-14-8)13-4-6-3-10-5-15-6/h1-3,5H,4H2,(H,11,12). The molecule has 6 heteroatoms. The maximum Gasteiger partial charge on any atom is 0.349 e. The van der Waals surface area contributed by atoms with Crippen LogP contribution in [0.15, 0.2) is 23.2 Å². The topological polar surface area (TPSA) is 59.4 Å². The van der Waals surface area contributed by atoms with Gasteiger partial charge in [0.2, 0.25) is 0 Å². The van der Waals surface area contributed by atoms with Crippen molar-refractivity contribution in [2.45, 2.75) is 6.61 Å². The van der Waals surface area contributed by atoms with E-state index in [9.17, 15) is 4.79 Å². The van der Waals surface area contributed by atoms with Crippen molar-refractivity contribution in [1.82, 2.24) is 4.98 Å². The van der Waals surface area contributed by atoms with Crippen LogP contribution >= 0.6 is 22.7 Å². The van der Waals surface area contributed by atoms with Crippen LogP contribution in [0.1, 0.15) is 14.5 Å². The first-order valence-electron chi connectivity index (χ1n) is 4.08. The molecule has 0 fully saturated rings. The summed E-state index contributed by atoms with van der Waals surface area (Å²) in [5.74, 6) is -0.537. The molecule has 0 aliphatic heterocycles. The number of rotatable bonds is 4. The van der Waals surface area contributed by atoms with Crippen LogP contribution in [-0.2, 0) is 6.61 Å². The number of thiazole rings is 1. The molecule has 0 saturated carbocycles. The van der Waals surface area contributed by atoms with Gasteiger partial charge in [-0.05, 0) is 11.4 Å². The zero-order chi connectivity index (χ0) is 10.7. The molecule has 2 aromatic heterocycles. The van der Waals surface area contributed by atoms with Crippen LogP contribution in [0.3, 0.4) is 0 Å². The predicted octanol–water partition coefficient (Wildman–Crippen LogP) is 2.48. The number of carbonyl (C=O) groups is 1. The first-order valence-corrected chi connectivity index (χ1v) is 5.84. The third kappa shape index (κ3) is 2.34. The molecule has 1 N–H and O–H groups in total. The van der Waals surface area contributed by atoms with Crippen molar-refractivity contribution < 1.29 is 14.6 Å². The second-order valence-electron chi connectivity index (χ2n) is 2.68. The van der Waals surface area contributed by atoms with Gasteiger partial charge < -0.3 is 9.84 Å². The summed E-state index contributed by atoms with van der Waals surface area (Å²) in [5.41, 5.74) is 1.71. The van der Waals surface area contributed by atoms with Crippen molar-refractivity contribution in [2.24, 2.45) is 0 Å². The van der Waals surface area contributed by atoms with E-state index in [1.165, 1.54) is 11.3 Å². The lowest BCUT2D eigenvalue weighted by Crippen LogP contribution is -1.98. The average molecular weight is 241 g/mol. The summed E-state index contributed by atoms with van der Waals surface area (Å²) in [6.07, 6.45) is 1.71. The smallest absolute Gasteiger partial charge is 0.349 e. The van der Waals surface area contributed by atoms with E-state index in [-0.39, 0.29) is 4.88 Å². The van der Waals surface area contributed by atoms with Crippen molar-refractivity contribution >= 4 is 28.6 Å². The van der Waals surface area contributed by atoms with E-state index in [2.05, 4.69) is 4.98 Å². The second kappa shape index (κ2) is 4.41. The second-order valence-corrected chi connectivity index (χ2v) is 4.56. The molecule has 0 aromatic carbocycles. The number of hydrogen-bond acceptors (Lipinski definition) is 5.